The van der Waals surface area contributed by atoms with Crippen LogP contribution in [0.1, 0.15) is 5.76 Å². The summed E-state index contributed by atoms with van der Waals surface area (Å²) in [7, 11) is 1.49. The number of aromatic nitrogens is 1. The van der Waals surface area contributed by atoms with Crippen LogP contribution in [-0.4, -0.2) is 18.2 Å². The van der Waals surface area contributed by atoms with Crippen molar-refractivity contribution in [2.24, 2.45) is 0 Å². The van der Waals surface area contributed by atoms with Gasteiger partial charge >= 0.3 is 0 Å². The summed E-state index contributed by atoms with van der Waals surface area (Å²) in [5.74, 6) is 0.672. The zero-order valence-corrected chi connectivity index (χ0v) is 7.24. The maximum absolute atomic E-state index is 10.7. The van der Waals surface area contributed by atoms with Crippen molar-refractivity contribution in [1.29, 1.82) is 0 Å². The van der Waals surface area contributed by atoms with Crippen LogP contribution in [0.2, 0.25) is 0 Å². The Morgan fingerprint density at radius 3 is 3.23 bits per heavy atom. The van der Waals surface area contributed by atoms with Gasteiger partial charge in [-0.25, -0.2) is 0 Å². The highest BCUT2D eigenvalue weighted by atomic mass is 16.5. The molecular formula is C8H10N2O3. The van der Waals surface area contributed by atoms with Gasteiger partial charge in [0.1, 0.15) is 0 Å². The molecule has 0 unspecified atom stereocenters. The van der Waals surface area contributed by atoms with Gasteiger partial charge in [-0.3, -0.25) is 4.79 Å². The summed E-state index contributed by atoms with van der Waals surface area (Å²) in [4.78, 5) is 10.7. The van der Waals surface area contributed by atoms with Crippen LogP contribution in [0.15, 0.2) is 23.2 Å². The van der Waals surface area contributed by atoms with E-state index in [0.717, 1.165) is 0 Å². The zero-order chi connectivity index (χ0) is 9.68. The van der Waals surface area contributed by atoms with Crippen molar-refractivity contribution in [2.45, 2.75) is 6.54 Å². The molecule has 5 heteroatoms. The molecule has 0 saturated carbocycles. The smallest absolute Gasteiger partial charge is 0.254 e. The fourth-order valence-corrected chi connectivity index (χ4v) is 0.720. The number of ether oxygens (including phenoxy) is 1. The van der Waals surface area contributed by atoms with E-state index in [2.05, 4.69) is 17.1 Å². The topological polar surface area (TPSA) is 64.4 Å². The summed E-state index contributed by atoms with van der Waals surface area (Å²) < 4.78 is 9.62. The molecular weight excluding hydrogens is 172 g/mol. The number of methoxy groups -OCH3 is 1. The van der Waals surface area contributed by atoms with Crippen molar-refractivity contribution >= 4 is 5.91 Å². The molecule has 1 aromatic rings. The maximum atomic E-state index is 10.7. The van der Waals surface area contributed by atoms with Gasteiger partial charge in [-0.05, 0) is 11.2 Å². The predicted molar refractivity (Wildman–Crippen MR) is 45.1 cm³/mol. The first-order chi connectivity index (χ1) is 6.26. The van der Waals surface area contributed by atoms with E-state index in [1.165, 1.54) is 13.2 Å². The van der Waals surface area contributed by atoms with Crippen LogP contribution < -0.4 is 10.1 Å². The number of amides is 1. The minimum atomic E-state index is -0.254. The summed E-state index contributed by atoms with van der Waals surface area (Å²) >= 11 is 0. The molecule has 1 rings (SSSR count). The average molecular weight is 182 g/mol. The highest BCUT2D eigenvalue weighted by Crippen LogP contribution is 2.09. The van der Waals surface area contributed by atoms with Crippen LogP contribution >= 0.6 is 0 Å². The molecule has 13 heavy (non-hydrogen) atoms. The third kappa shape index (κ3) is 2.62. The van der Waals surface area contributed by atoms with Gasteiger partial charge < -0.3 is 14.6 Å². The third-order valence-corrected chi connectivity index (χ3v) is 1.37. The lowest BCUT2D eigenvalue weighted by Crippen LogP contribution is -2.19. The Kier molecular flexibility index (Phi) is 3.08. The fourth-order valence-electron chi connectivity index (χ4n) is 0.720. The molecule has 5 nitrogen and oxygen atoms in total. The van der Waals surface area contributed by atoms with Crippen molar-refractivity contribution in [1.82, 2.24) is 10.5 Å². The number of hydrogen-bond acceptors (Lipinski definition) is 4. The van der Waals surface area contributed by atoms with E-state index in [1.54, 1.807) is 6.07 Å². The quantitative estimate of drug-likeness (QED) is 0.688. The molecule has 1 aromatic heterocycles. The number of carbonyl (C=O) groups excluding carboxylic acids is 1. The van der Waals surface area contributed by atoms with Crippen LogP contribution in [0.5, 0.6) is 5.88 Å². The summed E-state index contributed by atoms with van der Waals surface area (Å²) in [5, 5.41) is 6.10. The molecule has 0 atom stereocenters. The Morgan fingerprint density at radius 1 is 1.92 bits per heavy atom. The Hall–Kier alpha value is -1.78. The standard InChI is InChI=1S/C8H10N2O3/c1-3-7(11)9-5-6-4-8(12-2)10-13-6/h3-4H,1,5H2,2H3,(H,9,11). The van der Waals surface area contributed by atoms with E-state index in [-0.39, 0.29) is 12.5 Å². The fraction of sp³-hybridized carbons (Fsp3) is 0.250. The average Bonchev–Trinajstić information content (AvgIpc) is 2.61. The van der Waals surface area contributed by atoms with Gasteiger partial charge in [0, 0.05) is 6.07 Å². The summed E-state index contributed by atoms with van der Waals surface area (Å²) in [6.45, 7) is 3.59. The summed E-state index contributed by atoms with van der Waals surface area (Å²) in [6.07, 6.45) is 1.19. The molecule has 0 bridgehead atoms. The molecule has 0 aliphatic carbocycles. The number of nitrogens with zero attached hydrogens (tertiary/aromatic N) is 1. The molecule has 0 aliphatic rings. The van der Waals surface area contributed by atoms with Gasteiger partial charge in [-0.1, -0.05) is 6.58 Å². The molecule has 70 valence electrons. The van der Waals surface area contributed by atoms with E-state index in [9.17, 15) is 4.79 Å². The summed E-state index contributed by atoms with van der Waals surface area (Å²) in [6, 6.07) is 1.60. The molecule has 0 fully saturated rings. The normalized spacial score (nSPS) is 9.31. The Labute approximate surface area is 75.4 Å². The second-order valence-corrected chi connectivity index (χ2v) is 2.26. The number of rotatable bonds is 4. The molecule has 0 radical (unpaired) electrons. The lowest BCUT2D eigenvalue weighted by molar-refractivity contribution is -0.116. The van der Waals surface area contributed by atoms with Gasteiger partial charge in [0.25, 0.3) is 5.88 Å². The number of hydrogen-bond donors (Lipinski definition) is 1. The van der Waals surface area contributed by atoms with Gasteiger partial charge in [0.2, 0.25) is 5.91 Å². The van der Waals surface area contributed by atoms with Crippen LogP contribution in [-0.2, 0) is 11.3 Å². The maximum Gasteiger partial charge on any atom is 0.254 e. The van der Waals surface area contributed by atoms with Gasteiger partial charge in [-0.15, -0.1) is 0 Å². The molecule has 1 amide bonds. The monoisotopic (exact) mass is 182 g/mol. The number of carbonyl (C=O) groups is 1. The van der Waals surface area contributed by atoms with Crippen molar-refractivity contribution < 1.29 is 14.1 Å². The van der Waals surface area contributed by atoms with E-state index in [1.807, 2.05) is 0 Å². The lowest BCUT2D eigenvalue weighted by Gasteiger charge is -1.95. The van der Waals surface area contributed by atoms with Crippen molar-refractivity contribution in [3.63, 3.8) is 0 Å². The number of nitrogens with one attached hydrogen (secondary N) is 1. The van der Waals surface area contributed by atoms with Crippen molar-refractivity contribution in [3.8, 4) is 5.88 Å². The highest BCUT2D eigenvalue weighted by molar-refractivity contribution is 5.86. The molecule has 0 saturated heterocycles. The zero-order valence-electron chi connectivity index (χ0n) is 7.24. The van der Waals surface area contributed by atoms with Crippen LogP contribution in [0.3, 0.4) is 0 Å². The van der Waals surface area contributed by atoms with E-state index in [0.29, 0.717) is 11.6 Å². The summed E-state index contributed by atoms with van der Waals surface area (Å²) in [5.41, 5.74) is 0. The first-order valence-corrected chi connectivity index (χ1v) is 3.66. The van der Waals surface area contributed by atoms with E-state index < -0.39 is 0 Å². The highest BCUT2D eigenvalue weighted by Gasteiger charge is 2.03. The first kappa shape index (κ1) is 9.31. The molecule has 1 heterocycles. The Balaban J connectivity index is 2.45. The van der Waals surface area contributed by atoms with Gasteiger partial charge in [0.05, 0.1) is 13.7 Å². The van der Waals surface area contributed by atoms with Crippen molar-refractivity contribution in [2.75, 3.05) is 7.11 Å². The minimum Gasteiger partial charge on any atom is -0.479 e. The van der Waals surface area contributed by atoms with Crippen molar-refractivity contribution in [3.05, 3.63) is 24.5 Å². The van der Waals surface area contributed by atoms with Crippen LogP contribution in [0.4, 0.5) is 0 Å². The van der Waals surface area contributed by atoms with Gasteiger partial charge in [-0.2, -0.15) is 0 Å². The molecule has 0 spiro atoms. The van der Waals surface area contributed by atoms with Crippen LogP contribution in [0, 0.1) is 0 Å². The Bertz CT molecular complexity index is 306. The largest absolute Gasteiger partial charge is 0.479 e. The first-order valence-electron chi connectivity index (χ1n) is 3.66. The third-order valence-electron chi connectivity index (χ3n) is 1.37. The minimum absolute atomic E-state index is 0.254. The van der Waals surface area contributed by atoms with E-state index in [4.69, 9.17) is 9.26 Å². The van der Waals surface area contributed by atoms with Gasteiger partial charge in [0.15, 0.2) is 5.76 Å². The second kappa shape index (κ2) is 4.30. The molecule has 0 aromatic carbocycles. The predicted octanol–water partition coefficient (Wildman–Crippen LogP) is 0.485. The second-order valence-electron chi connectivity index (χ2n) is 2.26. The SMILES string of the molecule is C=CC(=O)NCc1cc(OC)no1. The van der Waals surface area contributed by atoms with Crippen LogP contribution in [0.25, 0.3) is 0 Å². The molecule has 1 N–H and O–H groups in total. The Morgan fingerprint density at radius 2 is 2.69 bits per heavy atom. The molecule has 0 aliphatic heterocycles. The van der Waals surface area contributed by atoms with E-state index >= 15 is 0 Å². The lowest BCUT2D eigenvalue weighted by atomic mass is 10.4.